The molecule has 7 heteroatoms. The molecule has 1 saturated heterocycles. The summed E-state index contributed by atoms with van der Waals surface area (Å²) in [4.78, 5) is 13.8. The first-order valence-electron chi connectivity index (χ1n) is 8.65. The molecule has 1 aromatic carbocycles. The summed E-state index contributed by atoms with van der Waals surface area (Å²) in [6.07, 6.45) is 3.43. The molecular formula is C18H25N5O2. The van der Waals surface area contributed by atoms with Crippen LogP contribution in [0.3, 0.4) is 0 Å². The van der Waals surface area contributed by atoms with Crippen LogP contribution in [0, 0.1) is 0 Å². The molecule has 25 heavy (non-hydrogen) atoms. The van der Waals surface area contributed by atoms with Crippen molar-refractivity contribution in [2.75, 3.05) is 20.1 Å². The number of hydrogen-bond acceptors (Lipinski definition) is 5. The number of carbonyl (C=O) groups excluding carboxylic acids is 1. The second-order valence-electron chi connectivity index (χ2n) is 6.76. The number of aliphatic hydroxyl groups is 1. The minimum absolute atomic E-state index is 0.125. The lowest BCUT2D eigenvalue weighted by molar-refractivity contribution is -0.128. The van der Waals surface area contributed by atoms with E-state index in [-0.39, 0.29) is 12.3 Å². The molecule has 0 aliphatic carbocycles. The highest BCUT2D eigenvalue weighted by Crippen LogP contribution is 2.25. The van der Waals surface area contributed by atoms with E-state index >= 15 is 0 Å². The lowest BCUT2D eigenvalue weighted by atomic mass is 9.89. The number of carbonyl (C=O) groups is 1. The van der Waals surface area contributed by atoms with Crippen molar-refractivity contribution in [2.45, 2.75) is 38.0 Å². The van der Waals surface area contributed by atoms with Crippen LogP contribution in [0.2, 0.25) is 0 Å². The maximum Gasteiger partial charge on any atom is 0.222 e. The average Bonchev–Trinajstić information content (AvgIpc) is 3.02. The van der Waals surface area contributed by atoms with Crippen molar-refractivity contribution in [3.05, 3.63) is 47.8 Å². The normalized spacial score (nSPS) is 21.2. The molecule has 0 saturated carbocycles. The van der Waals surface area contributed by atoms with Gasteiger partial charge in [0.2, 0.25) is 5.91 Å². The summed E-state index contributed by atoms with van der Waals surface area (Å²) >= 11 is 0. The van der Waals surface area contributed by atoms with Gasteiger partial charge in [0, 0.05) is 20.1 Å². The van der Waals surface area contributed by atoms with E-state index in [1.807, 2.05) is 22.9 Å². The number of aromatic nitrogens is 3. The Balaban J connectivity index is 1.64. The van der Waals surface area contributed by atoms with Crippen molar-refractivity contribution in [1.29, 1.82) is 0 Å². The predicted octanol–water partition coefficient (Wildman–Crippen LogP) is 0.789. The zero-order valence-corrected chi connectivity index (χ0v) is 14.6. The number of nitrogens with zero attached hydrogens (tertiary/aromatic N) is 4. The fourth-order valence-corrected chi connectivity index (χ4v) is 3.39. The third kappa shape index (κ3) is 4.64. The SMILES string of the molecule is CNC(=O)CC1(O)CCCN(Cc2cnnn2Cc2ccccc2)C1. The van der Waals surface area contributed by atoms with Gasteiger partial charge in [-0.3, -0.25) is 9.69 Å². The van der Waals surface area contributed by atoms with Gasteiger partial charge in [-0.05, 0) is 24.9 Å². The molecule has 1 aromatic heterocycles. The molecule has 1 amide bonds. The first kappa shape index (κ1) is 17.6. The van der Waals surface area contributed by atoms with Gasteiger partial charge in [-0.1, -0.05) is 35.5 Å². The molecule has 0 bridgehead atoms. The van der Waals surface area contributed by atoms with Gasteiger partial charge in [-0.15, -0.1) is 5.10 Å². The first-order valence-corrected chi connectivity index (χ1v) is 8.65. The predicted molar refractivity (Wildman–Crippen MR) is 93.7 cm³/mol. The maximum absolute atomic E-state index is 11.7. The number of benzene rings is 1. The molecule has 2 N–H and O–H groups in total. The van der Waals surface area contributed by atoms with Gasteiger partial charge in [-0.2, -0.15) is 0 Å². The van der Waals surface area contributed by atoms with E-state index in [2.05, 4.69) is 32.7 Å². The molecule has 2 aromatic rings. The highest BCUT2D eigenvalue weighted by Gasteiger charge is 2.35. The highest BCUT2D eigenvalue weighted by molar-refractivity contribution is 5.76. The minimum Gasteiger partial charge on any atom is -0.388 e. The van der Waals surface area contributed by atoms with Crippen molar-refractivity contribution in [3.63, 3.8) is 0 Å². The molecule has 0 radical (unpaired) electrons. The van der Waals surface area contributed by atoms with Crippen molar-refractivity contribution in [3.8, 4) is 0 Å². The minimum atomic E-state index is -0.962. The Kier molecular flexibility index (Phi) is 5.45. The fraction of sp³-hybridized carbons (Fsp3) is 0.500. The van der Waals surface area contributed by atoms with Crippen LogP contribution in [-0.2, 0) is 17.9 Å². The number of likely N-dealkylation sites (tertiary alicyclic amines) is 1. The largest absolute Gasteiger partial charge is 0.388 e. The summed E-state index contributed by atoms with van der Waals surface area (Å²) in [6.45, 7) is 2.71. The molecule has 1 aliphatic rings. The van der Waals surface area contributed by atoms with E-state index < -0.39 is 5.60 Å². The van der Waals surface area contributed by atoms with Gasteiger partial charge in [0.25, 0.3) is 0 Å². The number of hydrogen-bond donors (Lipinski definition) is 2. The Morgan fingerprint density at radius 3 is 2.88 bits per heavy atom. The monoisotopic (exact) mass is 343 g/mol. The zero-order valence-electron chi connectivity index (χ0n) is 14.6. The summed E-state index contributed by atoms with van der Waals surface area (Å²) in [5.74, 6) is -0.125. The van der Waals surface area contributed by atoms with Gasteiger partial charge in [-0.25, -0.2) is 4.68 Å². The Morgan fingerprint density at radius 2 is 2.12 bits per heavy atom. The van der Waals surface area contributed by atoms with E-state index in [1.165, 1.54) is 5.56 Å². The van der Waals surface area contributed by atoms with Crippen LogP contribution in [0.4, 0.5) is 0 Å². The summed E-state index contributed by atoms with van der Waals surface area (Å²) in [5.41, 5.74) is 1.22. The number of amides is 1. The smallest absolute Gasteiger partial charge is 0.222 e. The van der Waals surface area contributed by atoms with E-state index in [0.29, 0.717) is 26.1 Å². The molecule has 3 rings (SSSR count). The van der Waals surface area contributed by atoms with Crippen LogP contribution in [0.1, 0.15) is 30.5 Å². The molecule has 1 unspecified atom stereocenters. The van der Waals surface area contributed by atoms with Crippen LogP contribution in [0.25, 0.3) is 0 Å². The van der Waals surface area contributed by atoms with Crippen molar-refractivity contribution in [1.82, 2.24) is 25.2 Å². The molecule has 2 heterocycles. The lowest BCUT2D eigenvalue weighted by Crippen LogP contribution is -2.50. The van der Waals surface area contributed by atoms with Crippen LogP contribution in [-0.4, -0.2) is 56.6 Å². The number of piperidine rings is 1. The van der Waals surface area contributed by atoms with Gasteiger partial charge in [0.05, 0.1) is 30.5 Å². The van der Waals surface area contributed by atoms with Gasteiger partial charge in [0.1, 0.15) is 0 Å². The van der Waals surface area contributed by atoms with Crippen LogP contribution < -0.4 is 5.32 Å². The Morgan fingerprint density at radius 1 is 1.32 bits per heavy atom. The summed E-state index contributed by atoms with van der Waals surface area (Å²) in [7, 11) is 1.60. The van der Waals surface area contributed by atoms with Crippen LogP contribution in [0.15, 0.2) is 36.5 Å². The third-order valence-corrected chi connectivity index (χ3v) is 4.66. The maximum atomic E-state index is 11.7. The molecule has 134 valence electrons. The molecular weight excluding hydrogens is 318 g/mol. The second-order valence-corrected chi connectivity index (χ2v) is 6.76. The fourth-order valence-electron chi connectivity index (χ4n) is 3.39. The highest BCUT2D eigenvalue weighted by atomic mass is 16.3. The Labute approximate surface area is 147 Å². The zero-order chi connectivity index (χ0) is 17.7. The number of nitrogens with one attached hydrogen (secondary N) is 1. The van der Waals surface area contributed by atoms with Gasteiger partial charge >= 0.3 is 0 Å². The molecule has 1 aliphatic heterocycles. The number of rotatable bonds is 6. The standard InChI is InChI=1S/C18H25N5O2/c1-19-17(24)10-18(25)8-5-9-22(14-18)13-16-11-20-21-23(16)12-15-6-3-2-4-7-15/h2-4,6-7,11,25H,5,8-10,12-14H2,1H3,(H,19,24). The van der Waals surface area contributed by atoms with Crippen LogP contribution in [0.5, 0.6) is 0 Å². The summed E-state index contributed by atoms with van der Waals surface area (Å²) in [5, 5.41) is 21.6. The van der Waals surface area contributed by atoms with Crippen LogP contribution >= 0.6 is 0 Å². The Bertz CT molecular complexity index is 703. The van der Waals surface area contributed by atoms with E-state index in [9.17, 15) is 9.90 Å². The lowest BCUT2D eigenvalue weighted by Gasteiger charge is -2.38. The van der Waals surface area contributed by atoms with Crippen molar-refractivity contribution < 1.29 is 9.90 Å². The summed E-state index contributed by atoms with van der Waals surface area (Å²) < 4.78 is 1.89. The van der Waals surface area contributed by atoms with E-state index in [0.717, 1.165) is 18.7 Å². The molecule has 7 nitrogen and oxygen atoms in total. The quantitative estimate of drug-likeness (QED) is 0.810. The van der Waals surface area contributed by atoms with Crippen molar-refractivity contribution >= 4 is 5.91 Å². The second kappa shape index (κ2) is 7.76. The number of β-amino-alcohol motifs (C(OH)–C–C–N with tert-alkyl or cyclic N) is 1. The third-order valence-electron chi connectivity index (χ3n) is 4.66. The first-order chi connectivity index (χ1) is 12.1. The Hall–Kier alpha value is -2.25. The molecule has 1 atom stereocenters. The summed E-state index contributed by atoms with van der Waals surface area (Å²) in [6, 6.07) is 10.1. The van der Waals surface area contributed by atoms with Gasteiger partial charge in [0.15, 0.2) is 0 Å². The van der Waals surface area contributed by atoms with E-state index in [4.69, 9.17) is 0 Å². The van der Waals surface area contributed by atoms with Crippen molar-refractivity contribution in [2.24, 2.45) is 0 Å². The average molecular weight is 343 g/mol. The topological polar surface area (TPSA) is 83.3 Å². The molecule has 1 fully saturated rings. The van der Waals surface area contributed by atoms with Gasteiger partial charge < -0.3 is 10.4 Å². The van der Waals surface area contributed by atoms with E-state index in [1.54, 1.807) is 13.2 Å². The molecule has 0 spiro atoms.